The maximum absolute atomic E-state index is 8.65. The summed E-state index contributed by atoms with van der Waals surface area (Å²) in [5.41, 5.74) is 8.74. The average molecular weight is 223 g/mol. The van der Waals surface area contributed by atoms with Crippen LogP contribution in [0, 0.1) is 13.8 Å². The summed E-state index contributed by atoms with van der Waals surface area (Å²) >= 11 is 0. The number of nitrogens with two attached hydrogens (primary N) is 1. The Balaban J connectivity index is 2.50. The molecule has 3 nitrogen and oxygen atoms in total. The summed E-state index contributed by atoms with van der Waals surface area (Å²) in [6.07, 6.45) is 2.81. The highest BCUT2D eigenvalue weighted by molar-refractivity contribution is 5.56. The molecule has 0 saturated heterocycles. The number of rotatable bonds is 6. The van der Waals surface area contributed by atoms with Gasteiger partial charge in [-0.15, -0.1) is 0 Å². The minimum absolute atomic E-state index is 0.260. The van der Waals surface area contributed by atoms with Crippen molar-refractivity contribution in [3.05, 3.63) is 23.3 Å². The van der Waals surface area contributed by atoms with Gasteiger partial charge < -0.3 is 15.6 Å². The molecule has 0 radical (unpaired) electrons. The van der Waals surface area contributed by atoms with E-state index < -0.39 is 0 Å². The van der Waals surface area contributed by atoms with Gasteiger partial charge in [-0.2, -0.15) is 0 Å². The van der Waals surface area contributed by atoms with Crippen molar-refractivity contribution < 1.29 is 9.84 Å². The van der Waals surface area contributed by atoms with E-state index in [4.69, 9.17) is 15.6 Å². The van der Waals surface area contributed by atoms with Crippen molar-refractivity contribution in [3.63, 3.8) is 0 Å². The molecular weight excluding hydrogens is 202 g/mol. The SMILES string of the molecule is Cc1ccc(N)c(C)c1OCCCCCO. The van der Waals surface area contributed by atoms with E-state index in [0.29, 0.717) is 6.61 Å². The van der Waals surface area contributed by atoms with Gasteiger partial charge >= 0.3 is 0 Å². The Morgan fingerprint density at radius 1 is 1.19 bits per heavy atom. The molecule has 0 aliphatic rings. The second kappa shape index (κ2) is 6.38. The van der Waals surface area contributed by atoms with E-state index in [0.717, 1.165) is 41.8 Å². The maximum Gasteiger partial charge on any atom is 0.127 e. The van der Waals surface area contributed by atoms with Gasteiger partial charge in [0, 0.05) is 17.9 Å². The zero-order valence-electron chi connectivity index (χ0n) is 10.1. The number of aliphatic hydroxyl groups excluding tert-OH is 1. The molecule has 3 N–H and O–H groups in total. The van der Waals surface area contributed by atoms with Gasteiger partial charge in [-0.25, -0.2) is 0 Å². The number of unbranched alkanes of at least 4 members (excludes halogenated alkanes) is 2. The van der Waals surface area contributed by atoms with Crippen LogP contribution in [0.3, 0.4) is 0 Å². The maximum atomic E-state index is 8.65. The third kappa shape index (κ3) is 3.42. The van der Waals surface area contributed by atoms with Gasteiger partial charge in [-0.1, -0.05) is 6.07 Å². The Hall–Kier alpha value is -1.22. The summed E-state index contributed by atoms with van der Waals surface area (Å²) in [5.74, 6) is 0.906. The van der Waals surface area contributed by atoms with Crippen molar-refractivity contribution in [1.82, 2.24) is 0 Å². The number of hydrogen-bond acceptors (Lipinski definition) is 3. The normalized spacial score (nSPS) is 10.4. The van der Waals surface area contributed by atoms with Gasteiger partial charge in [0.25, 0.3) is 0 Å². The van der Waals surface area contributed by atoms with Crippen molar-refractivity contribution in [3.8, 4) is 5.75 Å². The zero-order valence-corrected chi connectivity index (χ0v) is 10.1. The van der Waals surface area contributed by atoms with Gasteiger partial charge in [0.05, 0.1) is 6.61 Å². The molecule has 0 fully saturated rings. The number of aryl methyl sites for hydroxylation is 1. The first-order valence-corrected chi connectivity index (χ1v) is 5.76. The summed E-state index contributed by atoms with van der Waals surface area (Å²) in [6, 6.07) is 3.88. The van der Waals surface area contributed by atoms with Crippen LogP contribution in [0.1, 0.15) is 30.4 Å². The smallest absolute Gasteiger partial charge is 0.127 e. The Bertz CT molecular complexity index is 337. The molecule has 16 heavy (non-hydrogen) atoms. The van der Waals surface area contributed by atoms with Crippen LogP contribution in [0.2, 0.25) is 0 Å². The third-order valence-corrected chi connectivity index (χ3v) is 2.69. The summed E-state index contributed by atoms with van der Waals surface area (Å²) in [6.45, 7) is 4.95. The molecule has 0 aromatic heterocycles. The number of nitrogen functional groups attached to an aromatic ring is 1. The highest BCUT2D eigenvalue weighted by Crippen LogP contribution is 2.27. The summed E-state index contributed by atoms with van der Waals surface area (Å²) in [7, 11) is 0. The van der Waals surface area contributed by atoms with Gasteiger partial charge in [0.15, 0.2) is 0 Å². The number of benzene rings is 1. The van der Waals surface area contributed by atoms with Crippen molar-refractivity contribution in [2.24, 2.45) is 0 Å². The van der Waals surface area contributed by atoms with Crippen LogP contribution in [0.25, 0.3) is 0 Å². The van der Waals surface area contributed by atoms with Crippen molar-refractivity contribution in [2.75, 3.05) is 18.9 Å². The standard InChI is InChI=1S/C13H21NO2/c1-10-6-7-12(14)11(2)13(10)16-9-5-3-4-8-15/h6-7,15H,3-5,8-9,14H2,1-2H3. The van der Waals surface area contributed by atoms with Crippen LogP contribution in [0.15, 0.2) is 12.1 Å². The fraction of sp³-hybridized carbons (Fsp3) is 0.538. The Kier molecular flexibility index (Phi) is 5.12. The predicted molar refractivity (Wildman–Crippen MR) is 66.8 cm³/mol. The topological polar surface area (TPSA) is 55.5 Å². The molecular formula is C13H21NO2. The van der Waals surface area contributed by atoms with E-state index in [1.807, 2.05) is 26.0 Å². The summed E-state index contributed by atoms with van der Waals surface area (Å²) < 4.78 is 5.73. The highest BCUT2D eigenvalue weighted by atomic mass is 16.5. The van der Waals surface area contributed by atoms with E-state index in [9.17, 15) is 0 Å². The van der Waals surface area contributed by atoms with E-state index in [1.54, 1.807) is 0 Å². The molecule has 90 valence electrons. The molecule has 3 heteroatoms. The quantitative estimate of drug-likeness (QED) is 0.575. The lowest BCUT2D eigenvalue weighted by atomic mass is 10.1. The van der Waals surface area contributed by atoms with Crippen molar-refractivity contribution in [1.29, 1.82) is 0 Å². The first-order valence-electron chi connectivity index (χ1n) is 5.76. The second-order valence-electron chi connectivity index (χ2n) is 4.06. The zero-order chi connectivity index (χ0) is 12.0. The first kappa shape index (κ1) is 12.8. The average Bonchev–Trinajstić information content (AvgIpc) is 2.28. The molecule has 0 bridgehead atoms. The molecule has 0 aliphatic carbocycles. The van der Waals surface area contributed by atoms with Gasteiger partial charge in [0.1, 0.15) is 5.75 Å². The van der Waals surface area contributed by atoms with Crippen LogP contribution in [0.4, 0.5) is 5.69 Å². The minimum Gasteiger partial charge on any atom is -0.493 e. The van der Waals surface area contributed by atoms with Gasteiger partial charge in [-0.3, -0.25) is 0 Å². The molecule has 1 aromatic rings. The lowest BCUT2D eigenvalue weighted by Crippen LogP contribution is -2.03. The van der Waals surface area contributed by atoms with Crippen LogP contribution < -0.4 is 10.5 Å². The summed E-state index contributed by atoms with van der Waals surface area (Å²) in [4.78, 5) is 0. The number of hydrogen-bond donors (Lipinski definition) is 2. The van der Waals surface area contributed by atoms with Gasteiger partial charge in [-0.05, 0) is 44.7 Å². The molecule has 0 amide bonds. The largest absolute Gasteiger partial charge is 0.493 e. The van der Waals surface area contributed by atoms with Crippen molar-refractivity contribution in [2.45, 2.75) is 33.1 Å². The lowest BCUT2D eigenvalue weighted by molar-refractivity contribution is 0.265. The van der Waals surface area contributed by atoms with E-state index >= 15 is 0 Å². The Morgan fingerprint density at radius 2 is 1.94 bits per heavy atom. The third-order valence-electron chi connectivity index (χ3n) is 2.69. The number of aliphatic hydroxyl groups is 1. The fourth-order valence-corrected chi connectivity index (χ4v) is 1.63. The lowest BCUT2D eigenvalue weighted by Gasteiger charge is -2.13. The molecule has 0 spiro atoms. The predicted octanol–water partition coefficient (Wildman–Crippen LogP) is 2.43. The minimum atomic E-state index is 0.260. The molecule has 1 rings (SSSR count). The van der Waals surface area contributed by atoms with Crippen LogP contribution in [0.5, 0.6) is 5.75 Å². The first-order chi connectivity index (χ1) is 7.66. The fourth-order valence-electron chi connectivity index (χ4n) is 1.63. The van der Waals surface area contributed by atoms with Crippen LogP contribution >= 0.6 is 0 Å². The van der Waals surface area contributed by atoms with Crippen LogP contribution in [-0.2, 0) is 0 Å². The molecule has 0 heterocycles. The van der Waals surface area contributed by atoms with E-state index in [2.05, 4.69) is 0 Å². The number of ether oxygens (including phenoxy) is 1. The second-order valence-corrected chi connectivity index (χ2v) is 4.06. The Labute approximate surface area is 97.2 Å². The van der Waals surface area contributed by atoms with E-state index in [1.165, 1.54) is 0 Å². The molecule has 1 aromatic carbocycles. The monoisotopic (exact) mass is 223 g/mol. The van der Waals surface area contributed by atoms with Crippen LogP contribution in [-0.4, -0.2) is 18.3 Å². The Morgan fingerprint density at radius 3 is 2.62 bits per heavy atom. The van der Waals surface area contributed by atoms with Crippen molar-refractivity contribution >= 4 is 5.69 Å². The van der Waals surface area contributed by atoms with Gasteiger partial charge in [0.2, 0.25) is 0 Å². The molecule has 0 aliphatic heterocycles. The molecule has 0 atom stereocenters. The van der Waals surface area contributed by atoms with E-state index in [-0.39, 0.29) is 6.61 Å². The highest BCUT2D eigenvalue weighted by Gasteiger charge is 2.06. The molecule has 0 saturated carbocycles. The summed E-state index contributed by atoms with van der Waals surface area (Å²) in [5, 5.41) is 8.65. The number of anilines is 1. The molecule has 0 unspecified atom stereocenters.